The fourth-order valence-corrected chi connectivity index (χ4v) is 4.01. The van der Waals surface area contributed by atoms with Gasteiger partial charge in [0.2, 0.25) is 0 Å². The minimum atomic E-state index is 0.0139. The van der Waals surface area contributed by atoms with E-state index in [0.717, 1.165) is 37.9 Å². The Morgan fingerprint density at radius 2 is 1.85 bits per heavy atom. The van der Waals surface area contributed by atoms with Crippen LogP contribution in [0.4, 0.5) is 0 Å². The standard InChI is InChI=1S/C17H21IO2/c18-15-6-4-13(5-7-15)16(19)14-8-11-20-17(12-14)9-2-1-3-10-17/h4-7,14H,1-3,8-12H2. The third kappa shape index (κ3) is 3.08. The van der Waals surface area contributed by atoms with Gasteiger partial charge in [-0.25, -0.2) is 0 Å². The summed E-state index contributed by atoms with van der Waals surface area (Å²) in [5.74, 6) is 0.469. The van der Waals surface area contributed by atoms with Crippen molar-refractivity contribution in [3.8, 4) is 0 Å². The van der Waals surface area contributed by atoms with E-state index in [-0.39, 0.29) is 11.5 Å². The second-order valence-electron chi connectivity index (χ2n) is 6.15. The minimum Gasteiger partial charge on any atom is -0.375 e. The van der Waals surface area contributed by atoms with E-state index < -0.39 is 0 Å². The maximum Gasteiger partial charge on any atom is 0.166 e. The van der Waals surface area contributed by atoms with Crippen LogP contribution >= 0.6 is 22.6 Å². The molecule has 1 aliphatic carbocycles. The molecule has 1 atom stereocenters. The number of hydrogen-bond acceptors (Lipinski definition) is 2. The van der Waals surface area contributed by atoms with Crippen LogP contribution in [0.3, 0.4) is 0 Å². The Morgan fingerprint density at radius 1 is 1.15 bits per heavy atom. The lowest BCUT2D eigenvalue weighted by Crippen LogP contribution is -2.43. The zero-order valence-electron chi connectivity index (χ0n) is 11.7. The fraction of sp³-hybridized carbons (Fsp3) is 0.588. The highest BCUT2D eigenvalue weighted by molar-refractivity contribution is 14.1. The van der Waals surface area contributed by atoms with Crippen molar-refractivity contribution in [1.82, 2.24) is 0 Å². The van der Waals surface area contributed by atoms with Crippen LogP contribution in [-0.4, -0.2) is 18.0 Å². The fourth-order valence-electron chi connectivity index (χ4n) is 3.65. The summed E-state index contributed by atoms with van der Waals surface area (Å²) in [4.78, 5) is 12.7. The first-order valence-electron chi connectivity index (χ1n) is 7.62. The Balaban J connectivity index is 1.73. The number of carbonyl (C=O) groups excluding carboxylic acids is 1. The lowest BCUT2D eigenvalue weighted by atomic mass is 9.74. The van der Waals surface area contributed by atoms with E-state index in [1.807, 2.05) is 24.3 Å². The Kier molecular flexibility index (Phi) is 4.46. The summed E-state index contributed by atoms with van der Waals surface area (Å²) in [5.41, 5.74) is 0.878. The molecule has 1 aliphatic heterocycles. The van der Waals surface area contributed by atoms with Crippen molar-refractivity contribution in [3.63, 3.8) is 0 Å². The molecule has 0 radical (unpaired) electrons. The largest absolute Gasteiger partial charge is 0.375 e. The molecule has 1 saturated carbocycles. The molecule has 2 aliphatic rings. The Labute approximate surface area is 134 Å². The highest BCUT2D eigenvalue weighted by atomic mass is 127. The summed E-state index contributed by atoms with van der Waals surface area (Å²) >= 11 is 2.27. The molecule has 1 spiro atoms. The molecular formula is C17H21IO2. The van der Waals surface area contributed by atoms with Gasteiger partial charge in [0.1, 0.15) is 0 Å². The van der Waals surface area contributed by atoms with Crippen molar-refractivity contribution in [2.45, 2.75) is 50.5 Å². The molecule has 2 nitrogen and oxygen atoms in total. The molecule has 3 heteroatoms. The Bertz CT molecular complexity index is 469. The summed E-state index contributed by atoms with van der Waals surface area (Å²) in [5, 5.41) is 0. The van der Waals surface area contributed by atoms with Gasteiger partial charge in [-0.3, -0.25) is 4.79 Å². The van der Waals surface area contributed by atoms with Gasteiger partial charge >= 0.3 is 0 Å². The molecule has 1 heterocycles. The van der Waals surface area contributed by atoms with E-state index in [9.17, 15) is 4.79 Å². The molecule has 0 N–H and O–H groups in total. The van der Waals surface area contributed by atoms with Gasteiger partial charge in [-0.15, -0.1) is 0 Å². The normalized spacial score (nSPS) is 25.6. The van der Waals surface area contributed by atoms with Gasteiger partial charge in [0.25, 0.3) is 0 Å². The molecule has 1 aromatic carbocycles. The number of halogens is 1. The van der Waals surface area contributed by atoms with Crippen molar-refractivity contribution in [2.24, 2.45) is 5.92 Å². The Hall–Kier alpha value is -0.420. The van der Waals surface area contributed by atoms with Crippen LogP contribution in [0, 0.1) is 9.49 Å². The van der Waals surface area contributed by atoms with E-state index in [0.29, 0.717) is 5.78 Å². The van der Waals surface area contributed by atoms with Crippen LogP contribution < -0.4 is 0 Å². The minimum absolute atomic E-state index is 0.0139. The van der Waals surface area contributed by atoms with Crippen LogP contribution in [0.25, 0.3) is 0 Å². The molecular weight excluding hydrogens is 363 g/mol. The van der Waals surface area contributed by atoms with Gasteiger partial charge < -0.3 is 4.74 Å². The maximum atomic E-state index is 12.7. The van der Waals surface area contributed by atoms with Gasteiger partial charge in [0.15, 0.2) is 5.78 Å². The lowest BCUT2D eigenvalue weighted by molar-refractivity contribution is -0.111. The monoisotopic (exact) mass is 384 g/mol. The zero-order chi connectivity index (χ0) is 14.0. The topological polar surface area (TPSA) is 26.3 Å². The number of ketones is 1. The number of rotatable bonds is 2. The van der Waals surface area contributed by atoms with Crippen LogP contribution in [-0.2, 0) is 4.74 Å². The molecule has 1 aromatic rings. The van der Waals surface area contributed by atoms with Gasteiger partial charge in [-0.05, 0) is 60.4 Å². The van der Waals surface area contributed by atoms with Gasteiger partial charge in [-0.1, -0.05) is 31.4 Å². The van der Waals surface area contributed by atoms with E-state index >= 15 is 0 Å². The number of Topliss-reactive ketones (excluding diaryl/α,β-unsaturated/α-hetero) is 1. The number of benzene rings is 1. The molecule has 2 fully saturated rings. The van der Waals surface area contributed by atoms with Crippen molar-refractivity contribution < 1.29 is 9.53 Å². The van der Waals surface area contributed by atoms with Gasteiger partial charge in [-0.2, -0.15) is 0 Å². The number of ether oxygens (including phenoxy) is 1. The summed E-state index contributed by atoms with van der Waals surface area (Å²) < 4.78 is 7.26. The van der Waals surface area contributed by atoms with Crippen LogP contribution in [0.5, 0.6) is 0 Å². The molecule has 0 amide bonds. The van der Waals surface area contributed by atoms with E-state index in [1.165, 1.54) is 22.8 Å². The maximum absolute atomic E-state index is 12.7. The highest BCUT2D eigenvalue weighted by Gasteiger charge is 2.40. The smallest absolute Gasteiger partial charge is 0.166 e. The predicted molar refractivity (Wildman–Crippen MR) is 88.0 cm³/mol. The molecule has 20 heavy (non-hydrogen) atoms. The van der Waals surface area contributed by atoms with Gasteiger partial charge in [0, 0.05) is 21.7 Å². The van der Waals surface area contributed by atoms with Gasteiger partial charge in [0.05, 0.1) is 5.60 Å². The molecule has 0 bridgehead atoms. The zero-order valence-corrected chi connectivity index (χ0v) is 13.9. The first-order valence-corrected chi connectivity index (χ1v) is 8.70. The third-order valence-corrected chi connectivity index (χ3v) is 5.48. The van der Waals surface area contributed by atoms with Crippen molar-refractivity contribution >= 4 is 28.4 Å². The van der Waals surface area contributed by atoms with E-state index in [1.54, 1.807) is 0 Å². The van der Waals surface area contributed by atoms with Crippen LogP contribution in [0.1, 0.15) is 55.3 Å². The van der Waals surface area contributed by atoms with E-state index in [2.05, 4.69) is 22.6 Å². The van der Waals surface area contributed by atoms with Crippen LogP contribution in [0.2, 0.25) is 0 Å². The predicted octanol–water partition coefficient (Wildman–Crippen LogP) is 4.60. The van der Waals surface area contributed by atoms with Crippen LogP contribution in [0.15, 0.2) is 24.3 Å². The summed E-state index contributed by atoms with van der Waals surface area (Å²) in [6.45, 7) is 0.751. The number of carbonyl (C=O) groups is 1. The second-order valence-corrected chi connectivity index (χ2v) is 7.40. The highest BCUT2D eigenvalue weighted by Crippen LogP contribution is 2.41. The van der Waals surface area contributed by atoms with Crippen molar-refractivity contribution in [2.75, 3.05) is 6.61 Å². The Morgan fingerprint density at radius 3 is 2.55 bits per heavy atom. The van der Waals surface area contributed by atoms with E-state index in [4.69, 9.17) is 4.74 Å². The quantitative estimate of drug-likeness (QED) is 0.550. The first kappa shape index (κ1) is 14.5. The average molecular weight is 384 g/mol. The molecule has 3 rings (SSSR count). The average Bonchev–Trinajstić information content (AvgIpc) is 2.48. The molecule has 1 saturated heterocycles. The summed E-state index contributed by atoms with van der Waals surface area (Å²) in [6, 6.07) is 7.97. The molecule has 1 unspecified atom stereocenters. The SMILES string of the molecule is O=C(c1ccc(I)cc1)C1CCOC2(CCCCC2)C1. The molecule has 0 aromatic heterocycles. The van der Waals surface area contributed by atoms with Crippen molar-refractivity contribution in [1.29, 1.82) is 0 Å². The second kappa shape index (κ2) is 6.14. The molecule has 108 valence electrons. The summed E-state index contributed by atoms with van der Waals surface area (Å²) in [7, 11) is 0. The third-order valence-electron chi connectivity index (χ3n) is 4.76. The number of hydrogen-bond donors (Lipinski definition) is 0. The first-order chi connectivity index (χ1) is 9.69. The lowest BCUT2D eigenvalue weighted by Gasteiger charge is -2.43. The summed E-state index contributed by atoms with van der Waals surface area (Å²) in [6.07, 6.45) is 7.92. The van der Waals surface area contributed by atoms with Crippen molar-refractivity contribution in [3.05, 3.63) is 33.4 Å².